The van der Waals surface area contributed by atoms with E-state index in [0.29, 0.717) is 5.65 Å². The summed E-state index contributed by atoms with van der Waals surface area (Å²) in [6.07, 6.45) is 1.68. The van der Waals surface area contributed by atoms with E-state index < -0.39 is 0 Å². The van der Waals surface area contributed by atoms with Gasteiger partial charge in [0.05, 0.1) is 6.20 Å². The highest BCUT2D eigenvalue weighted by atomic mass is 35.5. The quantitative estimate of drug-likeness (QED) is 0.618. The zero-order valence-corrected chi connectivity index (χ0v) is 9.89. The van der Waals surface area contributed by atoms with Gasteiger partial charge in [-0.3, -0.25) is 0 Å². The molecule has 0 aliphatic heterocycles. The molecule has 0 radical (unpaired) electrons. The van der Waals surface area contributed by atoms with Gasteiger partial charge in [-0.1, -0.05) is 30.3 Å². The summed E-state index contributed by atoms with van der Waals surface area (Å²) in [6, 6.07) is 9.95. The molecule has 5 heteroatoms. The molecule has 0 aliphatic rings. The maximum atomic E-state index is 5.75. The maximum absolute atomic E-state index is 5.75. The van der Waals surface area contributed by atoms with E-state index in [9.17, 15) is 0 Å². The lowest BCUT2D eigenvalue weighted by Gasteiger charge is -2.00. The number of nitrogens with zero attached hydrogens (tertiary/aromatic N) is 4. The fraction of sp³-hybridized carbons (Fsp3) is 0.0833. The summed E-state index contributed by atoms with van der Waals surface area (Å²) in [5.74, 6) is 0.858. The number of aromatic nitrogens is 4. The van der Waals surface area contributed by atoms with Gasteiger partial charge in [0, 0.05) is 12.6 Å². The molecule has 3 rings (SSSR count). The summed E-state index contributed by atoms with van der Waals surface area (Å²) in [6.45, 7) is 0. The number of rotatable bonds is 1. The van der Waals surface area contributed by atoms with Gasteiger partial charge in [-0.2, -0.15) is 4.98 Å². The van der Waals surface area contributed by atoms with E-state index in [4.69, 9.17) is 11.6 Å². The minimum Gasteiger partial charge on any atom is -0.324 e. The van der Waals surface area contributed by atoms with Crippen LogP contribution < -0.4 is 0 Å². The van der Waals surface area contributed by atoms with Crippen LogP contribution in [0.25, 0.3) is 22.6 Å². The Balaban J connectivity index is 2.28. The molecule has 0 N–H and O–H groups in total. The van der Waals surface area contributed by atoms with Crippen molar-refractivity contribution in [1.29, 1.82) is 0 Å². The fourth-order valence-corrected chi connectivity index (χ4v) is 1.93. The van der Waals surface area contributed by atoms with Gasteiger partial charge in [0.15, 0.2) is 5.65 Å². The summed E-state index contributed by atoms with van der Waals surface area (Å²) in [5, 5.41) is 0.218. The molecule has 1 aromatic carbocycles. The summed E-state index contributed by atoms with van der Waals surface area (Å²) < 4.78 is 1.96. The Labute approximate surface area is 103 Å². The molecule has 2 aromatic heterocycles. The fourth-order valence-electron chi connectivity index (χ4n) is 1.80. The minimum absolute atomic E-state index is 0.218. The van der Waals surface area contributed by atoms with Crippen molar-refractivity contribution in [3.63, 3.8) is 0 Å². The monoisotopic (exact) mass is 244 g/mol. The molecule has 0 bridgehead atoms. The second-order valence-electron chi connectivity index (χ2n) is 3.71. The molecule has 0 saturated carbocycles. The molecular weight excluding hydrogens is 236 g/mol. The molecule has 0 aliphatic carbocycles. The van der Waals surface area contributed by atoms with Gasteiger partial charge in [0.2, 0.25) is 5.28 Å². The second kappa shape index (κ2) is 3.82. The SMILES string of the molecule is Cn1c(-c2ccccc2)nc2nc(Cl)ncc21. The highest BCUT2D eigenvalue weighted by Gasteiger charge is 2.10. The zero-order valence-electron chi connectivity index (χ0n) is 9.13. The smallest absolute Gasteiger partial charge is 0.224 e. The van der Waals surface area contributed by atoms with E-state index in [-0.39, 0.29) is 5.28 Å². The molecule has 2 heterocycles. The number of halogens is 1. The Bertz CT molecular complexity index is 676. The first-order valence-corrected chi connectivity index (χ1v) is 5.54. The van der Waals surface area contributed by atoms with Crippen molar-refractivity contribution in [2.45, 2.75) is 0 Å². The predicted octanol–water partition coefficient (Wildman–Crippen LogP) is 2.68. The Morgan fingerprint density at radius 1 is 1.12 bits per heavy atom. The predicted molar refractivity (Wildman–Crippen MR) is 66.8 cm³/mol. The average Bonchev–Trinajstić information content (AvgIpc) is 2.67. The first-order valence-electron chi connectivity index (χ1n) is 5.16. The average molecular weight is 245 g/mol. The van der Waals surface area contributed by atoms with Crippen LogP contribution >= 0.6 is 11.6 Å². The molecule has 0 saturated heterocycles. The van der Waals surface area contributed by atoms with Crippen LogP contribution in [0, 0.1) is 0 Å². The Hall–Kier alpha value is -1.94. The lowest BCUT2D eigenvalue weighted by Crippen LogP contribution is -1.92. The van der Waals surface area contributed by atoms with Gasteiger partial charge < -0.3 is 4.57 Å². The lowest BCUT2D eigenvalue weighted by atomic mass is 10.2. The molecule has 17 heavy (non-hydrogen) atoms. The molecule has 0 unspecified atom stereocenters. The molecule has 0 amide bonds. The first kappa shape index (κ1) is 10.2. The van der Waals surface area contributed by atoms with Gasteiger partial charge in [0.1, 0.15) is 11.3 Å². The van der Waals surface area contributed by atoms with Crippen LogP contribution in [0.2, 0.25) is 5.28 Å². The van der Waals surface area contributed by atoms with Crippen LogP contribution in [0.15, 0.2) is 36.5 Å². The van der Waals surface area contributed by atoms with Crippen molar-refractivity contribution in [2.24, 2.45) is 7.05 Å². The lowest BCUT2D eigenvalue weighted by molar-refractivity contribution is 0.956. The van der Waals surface area contributed by atoms with Gasteiger partial charge in [-0.15, -0.1) is 0 Å². The number of benzene rings is 1. The van der Waals surface area contributed by atoms with Crippen molar-refractivity contribution < 1.29 is 0 Å². The normalized spacial score (nSPS) is 10.9. The molecule has 0 atom stereocenters. The summed E-state index contributed by atoms with van der Waals surface area (Å²) in [5.41, 5.74) is 2.53. The first-order chi connectivity index (χ1) is 8.25. The molecular formula is C12H9ClN4. The van der Waals surface area contributed by atoms with Crippen molar-refractivity contribution in [1.82, 2.24) is 19.5 Å². The topological polar surface area (TPSA) is 43.6 Å². The zero-order chi connectivity index (χ0) is 11.8. The van der Waals surface area contributed by atoms with Crippen LogP contribution in [0.1, 0.15) is 0 Å². The van der Waals surface area contributed by atoms with Crippen molar-refractivity contribution in [2.75, 3.05) is 0 Å². The third-order valence-corrected chi connectivity index (χ3v) is 2.83. The summed E-state index contributed by atoms with van der Waals surface area (Å²) in [4.78, 5) is 12.5. The van der Waals surface area contributed by atoms with Gasteiger partial charge in [-0.05, 0) is 11.6 Å². The Morgan fingerprint density at radius 3 is 2.65 bits per heavy atom. The standard InChI is InChI=1S/C12H9ClN4/c1-17-9-7-14-12(13)16-10(9)15-11(17)8-5-3-2-4-6-8/h2-7H,1H3. The van der Waals surface area contributed by atoms with E-state index in [1.54, 1.807) is 6.20 Å². The Kier molecular flexibility index (Phi) is 2.30. The molecule has 0 spiro atoms. The van der Waals surface area contributed by atoms with Crippen LogP contribution in [-0.4, -0.2) is 19.5 Å². The third kappa shape index (κ3) is 1.66. The summed E-state index contributed by atoms with van der Waals surface area (Å²) >= 11 is 5.75. The van der Waals surface area contributed by atoms with Gasteiger partial charge >= 0.3 is 0 Å². The number of hydrogen-bond donors (Lipinski definition) is 0. The molecule has 84 valence electrons. The molecule has 4 nitrogen and oxygen atoms in total. The number of aryl methyl sites for hydroxylation is 1. The van der Waals surface area contributed by atoms with E-state index >= 15 is 0 Å². The highest BCUT2D eigenvalue weighted by Crippen LogP contribution is 2.22. The number of imidazole rings is 1. The van der Waals surface area contributed by atoms with E-state index in [0.717, 1.165) is 16.9 Å². The summed E-state index contributed by atoms with van der Waals surface area (Å²) in [7, 11) is 1.94. The van der Waals surface area contributed by atoms with E-state index in [2.05, 4.69) is 15.0 Å². The van der Waals surface area contributed by atoms with Gasteiger partial charge in [0.25, 0.3) is 0 Å². The van der Waals surface area contributed by atoms with E-state index in [1.807, 2.05) is 41.9 Å². The minimum atomic E-state index is 0.218. The third-order valence-electron chi connectivity index (χ3n) is 2.64. The largest absolute Gasteiger partial charge is 0.324 e. The van der Waals surface area contributed by atoms with Gasteiger partial charge in [-0.25, -0.2) is 9.97 Å². The van der Waals surface area contributed by atoms with Crippen LogP contribution in [0.4, 0.5) is 0 Å². The van der Waals surface area contributed by atoms with Crippen LogP contribution in [0.3, 0.4) is 0 Å². The highest BCUT2D eigenvalue weighted by molar-refractivity contribution is 6.28. The molecule has 3 aromatic rings. The van der Waals surface area contributed by atoms with Crippen LogP contribution in [-0.2, 0) is 7.05 Å². The molecule has 0 fully saturated rings. The van der Waals surface area contributed by atoms with Crippen molar-refractivity contribution in [3.05, 3.63) is 41.8 Å². The maximum Gasteiger partial charge on any atom is 0.224 e. The van der Waals surface area contributed by atoms with E-state index in [1.165, 1.54) is 0 Å². The second-order valence-corrected chi connectivity index (χ2v) is 4.05. The van der Waals surface area contributed by atoms with Crippen molar-refractivity contribution >= 4 is 22.8 Å². The number of fused-ring (bicyclic) bond motifs is 1. The number of hydrogen-bond acceptors (Lipinski definition) is 3. The van der Waals surface area contributed by atoms with Crippen LogP contribution in [0.5, 0.6) is 0 Å². The Morgan fingerprint density at radius 2 is 1.88 bits per heavy atom. The van der Waals surface area contributed by atoms with Crippen molar-refractivity contribution in [3.8, 4) is 11.4 Å².